The lowest BCUT2D eigenvalue weighted by atomic mass is 10.1. The number of para-hydroxylation sites is 1. The van der Waals surface area contributed by atoms with Gasteiger partial charge in [0.05, 0.1) is 5.52 Å². The summed E-state index contributed by atoms with van der Waals surface area (Å²) in [6.07, 6.45) is -4.14. The first kappa shape index (κ1) is 17.0. The Labute approximate surface area is 141 Å². The lowest BCUT2D eigenvalue weighted by molar-refractivity contribution is -0.274. The zero-order valence-electron chi connectivity index (χ0n) is 13.0. The SMILES string of the molecule is Fc1cc(NCCc2ccc(OC(F)(F)F)cc2)c2ccccc2n1. The molecule has 0 spiro atoms. The number of nitrogens with one attached hydrogen (secondary N) is 1. The van der Waals surface area contributed by atoms with Crippen LogP contribution in [0.25, 0.3) is 10.9 Å². The fourth-order valence-corrected chi connectivity index (χ4v) is 2.49. The molecule has 25 heavy (non-hydrogen) atoms. The van der Waals surface area contributed by atoms with Crippen LogP contribution in [-0.2, 0) is 6.42 Å². The monoisotopic (exact) mass is 350 g/mol. The van der Waals surface area contributed by atoms with Gasteiger partial charge in [0.25, 0.3) is 0 Å². The van der Waals surface area contributed by atoms with Crippen molar-refractivity contribution >= 4 is 16.6 Å². The van der Waals surface area contributed by atoms with Crippen LogP contribution >= 0.6 is 0 Å². The standard InChI is InChI=1S/C18H14F4N2O/c19-17-11-16(14-3-1-2-4-15(14)24-17)23-10-9-12-5-7-13(8-6-12)25-18(20,21)22/h1-8,11H,9-10H2,(H,23,24). The minimum atomic E-state index is -4.70. The molecular formula is C18H14F4N2O. The second-order valence-electron chi connectivity index (χ2n) is 5.38. The summed E-state index contributed by atoms with van der Waals surface area (Å²) in [5, 5.41) is 3.94. The van der Waals surface area contributed by atoms with Crippen molar-refractivity contribution < 1.29 is 22.3 Å². The summed E-state index contributed by atoms with van der Waals surface area (Å²) in [5.41, 5.74) is 2.01. The number of anilines is 1. The van der Waals surface area contributed by atoms with Gasteiger partial charge in [0.15, 0.2) is 0 Å². The molecule has 0 saturated carbocycles. The summed E-state index contributed by atoms with van der Waals surface area (Å²) in [5.74, 6) is -0.832. The van der Waals surface area contributed by atoms with E-state index < -0.39 is 12.3 Å². The van der Waals surface area contributed by atoms with Crippen molar-refractivity contribution in [1.29, 1.82) is 0 Å². The van der Waals surface area contributed by atoms with Crippen molar-refractivity contribution in [2.45, 2.75) is 12.8 Å². The number of nitrogens with zero attached hydrogens (tertiary/aromatic N) is 1. The molecule has 130 valence electrons. The number of ether oxygens (including phenoxy) is 1. The number of pyridine rings is 1. The molecule has 3 aromatic rings. The zero-order valence-corrected chi connectivity index (χ0v) is 13.0. The van der Waals surface area contributed by atoms with Gasteiger partial charge >= 0.3 is 6.36 Å². The number of halogens is 4. The quantitative estimate of drug-likeness (QED) is 0.523. The summed E-state index contributed by atoms with van der Waals surface area (Å²) in [6.45, 7) is 0.493. The van der Waals surface area contributed by atoms with E-state index in [1.807, 2.05) is 12.1 Å². The molecule has 1 heterocycles. The highest BCUT2D eigenvalue weighted by molar-refractivity contribution is 5.90. The summed E-state index contributed by atoms with van der Waals surface area (Å²) >= 11 is 0. The van der Waals surface area contributed by atoms with E-state index >= 15 is 0 Å². The van der Waals surface area contributed by atoms with Crippen LogP contribution in [0.1, 0.15) is 5.56 Å². The summed E-state index contributed by atoms with van der Waals surface area (Å²) in [7, 11) is 0. The number of fused-ring (bicyclic) bond motifs is 1. The normalized spacial score (nSPS) is 11.5. The van der Waals surface area contributed by atoms with Crippen LogP contribution in [0.4, 0.5) is 23.2 Å². The Morgan fingerprint density at radius 2 is 1.72 bits per heavy atom. The van der Waals surface area contributed by atoms with Crippen molar-refractivity contribution in [3.63, 3.8) is 0 Å². The van der Waals surface area contributed by atoms with E-state index in [4.69, 9.17) is 0 Å². The smallest absolute Gasteiger partial charge is 0.406 e. The van der Waals surface area contributed by atoms with Crippen molar-refractivity contribution in [1.82, 2.24) is 4.98 Å². The molecule has 3 rings (SSSR count). The number of aromatic nitrogens is 1. The number of hydrogen-bond acceptors (Lipinski definition) is 3. The minimum Gasteiger partial charge on any atom is -0.406 e. The van der Waals surface area contributed by atoms with E-state index in [0.717, 1.165) is 10.9 Å². The Kier molecular flexibility index (Phi) is 4.74. The average Bonchev–Trinajstić information content (AvgIpc) is 2.55. The third-order valence-corrected chi connectivity index (χ3v) is 3.57. The zero-order chi connectivity index (χ0) is 17.9. The predicted molar refractivity (Wildman–Crippen MR) is 87.0 cm³/mol. The summed E-state index contributed by atoms with van der Waals surface area (Å²) in [4.78, 5) is 3.83. The average molecular weight is 350 g/mol. The van der Waals surface area contributed by atoms with Gasteiger partial charge in [-0.05, 0) is 30.2 Å². The number of alkyl halides is 3. The van der Waals surface area contributed by atoms with Gasteiger partial charge in [0.1, 0.15) is 5.75 Å². The van der Waals surface area contributed by atoms with Gasteiger partial charge in [-0.1, -0.05) is 30.3 Å². The van der Waals surface area contributed by atoms with Gasteiger partial charge in [-0.3, -0.25) is 0 Å². The second kappa shape index (κ2) is 6.96. The number of rotatable bonds is 5. The van der Waals surface area contributed by atoms with E-state index in [0.29, 0.717) is 24.2 Å². The molecule has 0 radical (unpaired) electrons. The summed E-state index contributed by atoms with van der Waals surface area (Å²) < 4.78 is 53.8. The fraction of sp³-hybridized carbons (Fsp3) is 0.167. The molecule has 0 aliphatic heterocycles. The first-order valence-electron chi connectivity index (χ1n) is 7.54. The predicted octanol–water partition coefficient (Wildman–Crippen LogP) is 4.93. The Balaban J connectivity index is 1.63. The van der Waals surface area contributed by atoms with Gasteiger partial charge in [0, 0.05) is 23.7 Å². The van der Waals surface area contributed by atoms with Crippen molar-refractivity contribution in [2.24, 2.45) is 0 Å². The maximum Gasteiger partial charge on any atom is 0.573 e. The van der Waals surface area contributed by atoms with Gasteiger partial charge < -0.3 is 10.1 Å². The van der Waals surface area contributed by atoms with Gasteiger partial charge in [-0.25, -0.2) is 4.98 Å². The van der Waals surface area contributed by atoms with Gasteiger partial charge in [0.2, 0.25) is 5.95 Å². The third-order valence-electron chi connectivity index (χ3n) is 3.57. The van der Waals surface area contributed by atoms with Crippen LogP contribution < -0.4 is 10.1 Å². The molecule has 0 fully saturated rings. The molecule has 0 bridgehead atoms. The lowest BCUT2D eigenvalue weighted by Gasteiger charge is -2.11. The van der Waals surface area contributed by atoms with Gasteiger partial charge in [-0.2, -0.15) is 4.39 Å². The summed E-state index contributed by atoms with van der Waals surface area (Å²) in [6, 6.07) is 14.2. The highest BCUT2D eigenvalue weighted by Crippen LogP contribution is 2.24. The van der Waals surface area contributed by atoms with Crippen molar-refractivity contribution in [3.05, 3.63) is 66.1 Å². The first-order valence-corrected chi connectivity index (χ1v) is 7.54. The molecular weight excluding hydrogens is 336 g/mol. The van der Waals surface area contributed by atoms with Crippen LogP contribution in [0.2, 0.25) is 0 Å². The molecule has 3 nitrogen and oxygen atoms in total. The Morgan fingerprint density at radius 3 is 2.44 bits per heavy atom. The Morgan fingerprint density at radius 1 is 1.00 bits per heavy atom. The number of hydrogen-bond donors (Lipinski definition) is 1. The van der Waals surface area contributed by atoms with Crippen LogP contribution in [0, 0.1) is 5.95 Å². The lowest BCUT2D eigenvalue weighted by Crippen LogP contribution is -2.17. The van der Waals surface area contributed by atoms with E-state index in [1.54, 1.807) is 24.3 Å². The highest BCUT2D eigenvalue weighted by atomic mass is 19.4. The second-order valence-corrected chi connectivity index (χ2v) is 5.38. The number of benzene rings is 2. The fourth-order valence-electron chi connectivity index (χ4n) is 2.49. The van der Waals surface area contributed by atoms with E-state index in [1.165, 1.54) is 18.2 Å². The maximum absolute atomic E-state index is 13.6. The maximum atomic E-state index is 13.6. The topological polar surface area (TPSA) is 34.1 Å². The molecule has 0 unspecified atom stereocenters. The highest BCUT2D eigenvalue weighted by Gasteiger charge is 2.30. The molecule has 0 amide bonds. The van der Waals surface area contributed by atoms with E-state index in [9.17, 15) is 17.6 Å². The third kappa shape index (κ3) is 4.59. The molecule has 0 saturated heterocycles. The molecule has 0 aliphatic rings. The molecule has 7 heteroatoms. The minimum absolute atomic E-state index is 0.258. The van der Waals surface area contributed by atoms with Crippen molar-refractivity contribution in [2.75, 3.05) is 11.9 Å². The van der Waals surface area contributed by atoms with Crippen LogP contribution in [0.5, 0.6) is 5.75 Å². The van der Waals surface area contributed by atoms with Crippen molar-refractivity contribution in [3.8, 4) is 5.75 Å². The Hall–Kier alpha value is -2.83. The van der Waals surface area contributed by atoms with Gasteiger partial charge in [-0.15, -0.1) is 13.2 Å². The molecule has 0 atom stereocenters. The molecule has 2 aromatic carbocycles. The molecule has 0 aliphatic carbocycles. The Bertz CT molecular complexity index is 863. The van der Waals surface area contributed by atoms with Crippen LogP contribution in [-0.4, -0.2) is 17.9 Å². The molecule has 1 aromatic heterocycles. The molecule has 1 N–H and O–H groups in total. The van der Waals surface area contributed by atoms with Crippen LogP contribution in [0.3, 0.4) is 0 Å². The van der Waals surface area contributed by atoms with E-state index in [2.05, 4.69) is 15.0 Å². The first-order chi connectivity index (χ1) is 11.9. The van der Waals surface area contributed by atoms with Crippen LogP contribution in [0.15, 0.2) is 54.6 Å². The largest absolute Gasteiger partial charge is 0.573 e. The van der Waals surface area contributed by atoms with E-state index in [-0.39, 0.29) is 5.75 Å².